The summed E-state index contributed by atoms with van der Waals surface area (Å²) in [7, 11) is 0. The number of aromatic nitrogens is 1. The number of aldehydes is 1. The predicted octanol–water partition coefficient (Wildman–Crippen LogP) is 2.69. The molecule has 0 aliphatic carbocycles. The van der Waals surface area contributed by atoms with Crippen LogP contribution in [0.1, 0.15) is 15.9 Å². The Kier molecular flexibility index (Phi) is 2.59. The maximum atomic E-state index is 10.9. The molecule has 90 valence electrons. The number of pyridine rings is 1. The molecule has 0 radical (unpaired) electrons. The van der Waals surface area contributed by atoms with Crippen LogP contribution in [0.3, 0.4) is 0 Å². The molecule has 3 nitrogen and oxygen atoms in total. The van der Waals surface area contributed by atoms with Gasteiger partial charge in [-0.05, 0) is 30.2 Å². The molecule has 1 aliphatic heterocycles. The Bertz CT molecular complexity index is 603. The highest BCUT2D eigenvalue weighted by atomic mass is 16.1. The first-order valence-electron chi connectivity index (χ1n) is 6.05. The minimum Gasteiger partial charge on any atom is -0.367 e. The van der Waals surface area contributed by atoms with Gasteiger partial charge in [0.25, 0.3) is 0 Å². The Morgan fingerprint density at radius 3 is 2.72 bits per heavy atom. The topological polar surface area (TPSA) is 33.0 Å². The number of anilines is 1. The number of hydrogen-bond acceptors (Lipinski definition) is 3. The van der Waals surface area contributed by atoms with Crippen LogP contribution in [-0.4, -0.2) is 24.4 Å². The highest BCUT2D eigenvalue weighted by Crippen LogP contribution is 2.35. The van der Waals surface area contributed by atoms with Gasteiger partial charge in [-0.3, -0.25) is 9.78 Å². The van der Waals surface area contributed by atoms with Crippen LogP contribution in [0.15, 0.2) is 36.7 Å². The van der Waals surface area contributed by atoms with E-state index in [1.807, 2.05) is 36.7 Å². The van der Waals surface area contributed by atoms with E-state index >= 15 is 0 Å². The summed E-state index contributed by atoms with van der Waals surface area (Å²) in [6, 6.07) is 7.89. The molecule has 0 atom stereocenters. The number of benzene rings is 1. The average Bonchev–Trinajstić information content (AvgIpc) is 3.23. The number of aryl methyl sites for hydroxylation is 1. The Labute approximate surface area is 106 Å². The summed E-state index contributed by atoms with van der Waals surface area (Å²) in [5.74, 6) is 0. The number of rotatable bonds is 3. The Balaban J connectivity index is 2.17. The SMILES string of the molecule is Cc1cnccc1-c1ccc(C=O)cc1N1CC1. The second-order valence-corrected chi connectivity index (χ2v) is 4.57. The zero-order chi connectivity index (χ0) is 12.5. The van der Waals surface area contributed by atoms with E-state index in [9.17, 15) is 4.79 Å². The summed E-state index contributed by atoms with van der Waals surface area (Å²) >= 11 is 0. The van der Waals surface area contributed by atoms with Gasteiger partial charge in [-0.15, -0.1) is 0 Å². The van der Waals surface area contributed by atoms with E-state index in [0.717, 1.165) is 36.2 Å². The van der Waals surface area contributed by atoms with Crippen LogP contribution in [0.4, 0.5) is 5.69 Å². The summed E-state index contributed by atoms with van der Waals surface area (Å²) < 4.78 is 0. The molecule has 3 heteroatoms. The summed E-state index contributed by atoms with van der Waals surface area (Å²) in [5.41, 5.74) is 5.39. The van der Waals surface area contributed by atoms with Crippen LogP contribution in [0.2, 0.25) is 0 Å². The Hall–Kier alpha value is -2.16. The second kappa shape index (κ2) is 4.26. The molecule has 0 N–H and O–H groups in total. The second-order valence-electron chi connectivity index (χ2n) is 4.57. The van der Waals surface area contributed by atoms with Gasteiger partial charge in [-0.25, -0.2) is 0 Å². The molecule has 2 aromatic rings. The van der Waals surface area contributed by atoms with Crippen molar-refractivity contribution in [3.63, 3.8) is 0 Å². The van der Waals surface area contributed by atoms with Gasteiger partial charge >= 0.3 is 0 Å². The molecule has 0 spiro atoms. The van der Waals surface area contributed by atoms with Crippen LogP contribution >= 0.6 is 0 Å². The molecule has 0 unspecified atom stereocenters. The molecule has 0 amide bonds. The van der Waals surface area contributed by atoms with Crippen molar-refractivity contribution >= 4 is 12.0 Å². The lowest BCUT2D eigenvalue weighted by Crippen LogP contribution is -1.97. The lowest BCUT2D eigenvalue weighted by Gasteiger charge is -2.13. The summed E-state index contributed by atoms with van der Waals surface area (Å²) in [6.07, 6.45) is 4.58. The van der Waals surface area contributed by atoms with Crippen molar-refractivity contribution in [1.82, 2.24) is 4.98 Å². The van der Waals surface area contributed by atoms with Gasteiger partial charge in [0.05, 0.1) is 0 Å². The number of carbonyl (C=O) groups is 1. The minimum absolute atomic E-state index is 0.729. The first-order valence-corrected chi connectivity index (χ1v) is 6.05. The van der Waals surface area contributed by atoms with Gasteiger partial charge in [0, 0.05) is 42.3 Å². The Morgan fingerprint density at radius 1 is 1.22 bits per heavy atom. The normalized spacial score (nSPS) is 13.5. The molecule has 1 saturated heterocycles. The van der Waals surface area contributed by atoms with Crippen LogP contribution in [0.25, 0.3) is 11.1 Å². The molecule has 2 heterocycles. The monoisotopic (exact) mass is 238 g/mol. The maximum Gasteiger partial charge on any atom is 0.150 e. The van der Waals surface area contributed by atoms with Crippen LogP contribution in [0, 0.1) is 6.92 Å². The third-order valence-electron chi connectivity index (χ3n) is 3.26. The van der Waals surface area contributed by atoms with Crippen molar-refractivity contribution in [2.45, 2.75) is 6.92 Å². The van der Waals surface area contributed by atoms with E-state index in [1.54, 1.807) is 0 Å². The molecule has 1 aromatic carbocycles. The smallest absolute Gasteiger partial charge is 0.150 e. The third kappa shape index (κ3) is 1.88. The third-order valence-corrected chi connectivity index (χ3v) is 3.26. The van der Waals surface area contributed by atoms with E-state index < -0.39 is 0 Å². The molecule has 3 rings (SSSR count). The number of hydrogen-bond donors (Lipinski definition) is 0. The van der Waals surface area contributed by atoms with Gasteiger partial charge in [0.1, 0.15) is 6.29 Å². The first-order chi connectivity index (χ1) is 8.79. The fourth-order valence-electron chi connectivity index (χ4n) is 2.18. The van der Waals surface area contributed by atoms with Crippen LogP contribution < -0.4 is 4.90 Å². The molecular formula is C15H14N2O. The van der Waals surface area contributed by atoms with Crippen molar-refractivity contribution < 1.29 is 4.79 Å². The molecule has 1 fully saturated rings. The van der Waals surface area contributed by atoms with E-state index in [0.29, 0.717) is 0 Å². The van der Waals surface area contributed by atoms with Crippen molar-refractivity contribution in [3.05, 3.63) is 47.8 Å². The molecular weight excluding hydrogens is 224 g/mol. The fraction of sp³-hybridized carbons (Fsp3) is 0.200. The summed E-state index contributed by atoms with van der Waals surface area (Å²) in [5, 5.41) is 0. The highest BCUT2D eigenvalue weighted by Gasteiger charge is 2.22. The van der Waals surface area contributed by atoms with Gasteiger partial charge in [0.2, 0.25) is 0 Å². The fourth-order valence-corrected chi connectivity index (χ4v) is 2.18. The lowest BCUT2D eigenvalue weighted by molar-refractivity contribution is 0.112. The molecule has 1 aromatic heterocycles. The predicted molar refractivity (Wildman–Crippen MR) is 72.0 cm³/mol. The lowest BCUT2D eigenvalue weighted by atomic mass is 9.99. The first kappa shape index (κ1) is 11.0. The summed E-state index contributed by atoms with van der Waals surface area (Å²) in [6.45, 7) is 4.20. The van der Waals surface area contributed by atoms with Crippen molar-refractivity contribution in [3.8, 4) is 11.1 Å². The largest absolute Gasteiger partial charge is 0.367 e. The quantitative estimate of drug-likeness (QED) is 0.609. The Morgan fingerprint density at radius 2 is 2.06 bits per heavy atom. The zero-order valence-corrected chi connectivity index (χ0v) is 10.3. The number of carbonyl (C=O) groups excluding carboxylic acids is 1. The minimum atomic E-state index is 0.729. The number of nitrogens with zero attached hydrogens (tertiary/aromatic N) is 2. The van der Waals surface area contributed by atoms with Crippen LogP contribution in [-0.2, 0) is 0 Å². The maximum absolute atomic E-state index is 10.9. The van der Waals surface area contributed by atoms with E-state index in [1.165, 1.54) is 11.1 Å². The van der Waals surface area contributed by atoms with E-state index in [4.69, 9.17) is 0 Å². The van der Waals surface area contributed by atoms with Crippen molar-refractivity contribution in [1.29, 1.82) is 0 Å². The van der Waals surface area contributed by atoms with E-state index in [-0.39, 0.29) is 0 Å². The zero-order valence-electron chi connectivity index (χ0n) is 10.3. The average molecular weight is 238 g/mol. The summed E-state index contributed by atoms with van der Waals surface area (Å²) in [4.78, 5) is 17.3. The van der Waals surface area contributed by atoms with Crippen molar-refractivity contribution in [2.75, 3.05) is 18.0 Å². The van der Waals surface area contributed by atoms with Gasteiger partial charge in [0.15, 0.2) is 0 Å². The van der Waals surface area contributed by atoms with Crippen molar-refractivity contribution in [2.24, 2.45) is 0 Å². The van der Waals surface area contributed by atoms with E-state index in [2.05, 4.69) is 16.8 Å². The highest BCUT2D eigenvalue weighted by molar-refractivity contribution is 5.87. The molecule has 0 saturated carbocycles. The van der Waals surface area contributed by atoms with Gasteiger partial charge in [-0.2, -0.15) is 0 Å². The standard InChI is InChI=1S/C15H14N2O/c1-11-9-16-5-4-13(11)14-3-2-12(10-18)8-15(14)17-6-7-17/h2-5,8-10H,6-7H2,1H3. The van der Waals surface area contributed by atoms with Gasteiger partial charge < -0.3 is 4.90 Å². The molecule has 0 bridgehead atoms. The van der Waals surface area contributed by atoms with Gasteiger partial charge in [-0.1, -0.05) is 12.1 Å². The van der Waals surface area contributed by atoms with Crippen LogP contribution in [0.5, 0.6) is 0 Å². The molecule has 18 heavy (non-hydrogen) atoms. The molecule has 1 aliphatic rings.